The van der Waals surface area contributed by atoms with Crippen LogP contribution >= 0.6 is 0 Å². The predicted molar refractivity (Wildman–Crippen MR) is 109 cm³/mol. The maximum absolute atomic E-state index is 14.5. The highest BCUT2D eigenvalue weighted by molar-refractivity contribution is 5.51. The van der Waals surface area contributed by atoms with Gasteiger partial charge in [0.15, 0.2) is 0 Å². The molecule has 0 unspecified atom stereocenters. The van der Waals surface area contributed by atoms with Gasteiger partial charge >= 0.3 is 0 Å². The molecule has 0 radical (unpaired) electrons. The minimum absolute atomic E-state index is 0.251. The molecule has 0 N–H and O–H groups in total. The lowest BCUT2D eigenvalue weighted by atomic mass is 9.97. The first kappa shape index (κ1) is 19.1. The fourth-order valence-electron chi connectivity index (χ4n) is 3.07. The summed E-state index contributed by atoms with van der Waals surface area (Å²) in [6.07, 6.45) is 0. The standard InChI is InChI=1S/C24H26FNO/c1-24(2,27-3)21-14-22(25)16-23(15-21)26(17-19-10-6-4-7-11-19)18-20-12-8-5-9-13-20/h4-16H,17-18H2,1-3H3. The van der Waals surface area contributed by atoms with Crippen LogP contribution in [0.5, 0.6) is 0 Å². The molecular formula is C24H26FNO. The zero-order valence-corrected chi connectivity index (χ0v) is 16.2. The van der Waals surface area contributed by atoms with E-state index in [0.29, 0.717) is 13.1 Å². The molecule has 2 nitrogen and oxygen atoms in total. The summed E-state index contributed by atoms with van der Waals surface area (Å²) in [5, 5.41) is 0. The monoisotopic (exact) mass is 363 g/mol. The van der Waals surface area contributed by atoms with Crippen molar-refractivity contribution in [1.82, 2.24) is 0 Å². The second-order valence-corrected chi connectivity index (χ2v) is 7.24. The van der Waals surface area contributed by atoms with Crippen molar-refractivity contribution in [1.29, 1.82) is 0 Å². The average molecular weight is 363 g/mol. The average Bonchev–Trinajstić information content (AvgIpc) is 2.68. The van der Waals surface area contributed by atoms with Crippen LogP contribution in [-0.2, 0) is 23.4 Å². The van der Waals surface area contributed by atoms with Crippen LogP contribution in [0, 0.1) is 5.82 Å². The highest BCUT2D eigenvalue weighted by Gasteiger charge is 2.22. The van der Waals surface area contributed by atoms with Gasteiger partial charge in [-0.2, -0.15) is 0 Å². The molecule has 0 spiro atoms. The first-order valence-corrected chi connectivity index (χ1v) is 9.17. The Labute approximate surface area is 161 Å². The summed E-state index contributed by atoms with van der Waals surface area (Å²) >= 11 is 0. The molecule has 0 amide bonds. The van der Waals surface area contributed by atoms with E-state index in [-0.39, 0.29) is 5.82 Å². The number of methoxy groups -OCH3 is 1. The maximum Gasteiger partial charge on any atom is 0.125 e. The second kappa shape index (κ2) is 8.36. The topological polar surface area (TPSA) is 12.5 Å². The van der Waals surface area contributed by atoms with Crippen molar-refractivity contribution in [2.24, 2.45) is 0 Å². The van der Waals surface area contributed by atoms with Crippen molar-refractivity contribution in [3.63, 3.8) is 0 Å². The maximum atomic E-state index is 14.5. The molecule has 0 aliphatic heterocycles. The molecule has 3 aromatic carbocycles. The van der Waals surface area contributed by atoms with Gasteiger partial charge in [-0.25, -0.2) is 4.39 Å². The first-order chi connectivity index (χ1) is 13.0. The molecule has 0 saturated carbocycles. The molecule has 3 rings (SSSR count). The van der Waals surface area contributed by atoms with Crippen LogP contribution < -0.4 is 4.90 Å². The number of ether oxygens (including phenoxy) is 1. The third-order valence-corrected chi connectivity index (χ3v) is 4.89. The Hall–Kier alpha value is -2.65. The zero-order chi connectivity index (χ0) is 19.3. The van der Waals surface area contributed by atoms with Crippen LogP contribution in [0.25, 0.3) is 0 Å². The van der Waals surface area contributed by atoms with Crippen LogP contribution in [0.3, 0.4) is 0 Å². The number of hydrogen-bond acceptors (Lipinski definition) is 2. The molecule has 3 aromatic rings. The molecule has 3 heteroatoms. The Bertz CT molecular complexity index is 821. The van der Waals surface area contributed by atoms with E-state index >= 15 is 0 Å². The summed E-state index contributed by atoms with van der Waals surface area (Å²) in [4.78, 5) is 2.20. The van der Waals surface area contributed by atoms with Crippen molar-refractivity contribution >= 4 is 5.69 Å². The highest BCUT2D eigenvalue weighted by atomic mass is 19.1. The summed E-state index contributed by atoms with van der Waals surface area (Å²) in [6.45, 7) is 5.30. The van der Waals surface area contributed by atoms with E-state index in [0.717, 1.165) is 11.3 Å². The van der Waals surface area contributed by atoms with E-state index in [1.165, 1.54) is 11.1 Å². The first-order valence-electron chi connectivity index (χ1n) is 9.17. The highest BCUT2D eigenvalue weighted by Crippen LogP contribution is 2.30. The molecule has 27 heavy (non-hydrogen) atoms. The van der Waals surface area contributed by atoms with Crippen molar-refractivity contribution < 1.29 is 9.13 Å². The van der Waals surface area contributed by atoms with Gasteiger partial charge in [0, 0.05) is 25.9 Å². The largest absolute Gasteiger partial charge is 0.374 e. The molecule has 0 saturated heterocycles. The predicted octanol–water partition coefficient (Wildman–Crippen LogP) is 5.91. The van der Waals surface area contributed by atoms with Gasteiger partial charge in [-0.15, -0.1) is 0 Å². The second-order valence-electron chi connectivity index (χ2n) is 7.24. The Morgan fingerprint density at radius 1 is 0.815 bits per heavy atom. The van der Waals surface area contributed by atoms with Crippen molar-refractivity contribution in [2.75, 3.05) is 12.0 Å². The fraction of sp³-hybridized carbons (Fsp3) is 0.250. The molecule has 0 aromatic heterocycles. The molecule has 0 aliphatic carbocycles. The third kappa shape index (κ3) is 4.95. The number of rotatable bonds is 7. The van der Waals surface area contributed by atoms with Gasteiger partial charge in [-0.3, -0.25) is 0 Å². The number of anilines is 1. The summed E-state index contributed by atoms with van der Waals surface area (Å²) in [7, 11) is 1.65. The van der Waals surface area contributed by atoms with Gasteiger partial charge < -0.3 is 9.64 Å². The normalized spacial score (nSPS) is 11.4. The molecular weight excluding hydrogens is 337 g/mol. The van der Waals surface area contributed by atoms with Crippen LogP contribution in [0.15, 0.2) is 78.9 Å². The van der Waals surface area contributed by atoms with E-state index in [1.54, 1.807) is 19.2 Å². The number of hydrogen-bond donors (Lipinski definition) is 0. The minimum Gasteiger partial charge on any atom is -0.374 e. The number of benzene rings is 3. The van der Waals surface area contributed by atoms with Crippen molar-refractivity contribution in [2.45, 2.75) is 32.5 Å². The molecule has 0 fully saturated rings. The van der Waals surface area contributed by atoms with Crippen molar-refractivity contribution in [3.05, 3.63) is 101 Å². The van der Waals surface area contributed by atoms with E-state index in [9.17, 15) is 4.39 Å². The van der Waals surface area contributed by atoms with Crippen LogP contribution in [0.1, 0.15) is 30.5 Å². The van der Waals surface area contributed by atoms with Crippen LogP contribution in [0.4, 0.5) is 10.1 Å². The van der Waals surface area contributed by atoms with E-state index in [1.807, 2.05) is 56.3 Å². The molecule has 0 bridgehead atoms. The SMILES string of the molecule is COC(C)(C)c1cc(F)cc(N(Cc2ccccc2)Cc2ccccc2)c1. The van der Waals surface area contributed by atoms with Gasteiger partial charge in [-0.1, -0.05) is 60.7 Å². The Morgan fingerprint density at radius 2 is 1.33 bits per heavy atom. The quantitative estimate of drug-likeness (QED) is 0.517. The van der Waals surface area contributed by atoms with Crippen molar-refractivity contribution in [3.8, 4) is 0 Å². The molecule has 0 heterocycles. The summed E-state index contributed by atoms with van der Waals surface area (Å²) in [6, 6.07) is 25.7. The van der Waals surface area contributed by atoms with Crippen LogP contribution in [0.2, 0.25) is 0 Å². The zero-order valence-electron chi connectivity index (χ0n) is 16.2. The molecule has 140 valence electrons. The summed E-state index contributed by atoms with van der Waals surface area (Å²) in [5.41, 5.74) is 3.49. The molecule has 0 atom stereocenters. The van der Waals surface area contributed by atoms with Gasteiger partial charge in [0.1, 0.15) is 5.82 Å². The summed E-state index contributed by atoms with van der Waals surface area (Å²) < 4.78 is 20.0. The number of halogens is 1. The molecule has 0 aliphatic rings. The smallest absolute Gasteiger partial charge is 0.125 e. The number of nitrogens with zero attached hydrogens (tertiary/aromatic N) is 1. The van der Waals surface area contributed by atoms with Gasteiger partial charge in [0.05, 0.1) is 5.60 Å². The third-order valence-electron chi connectivity index (χ3n) is 4.89. The van der Waals surface area contributed by atoms with Gasteiger partial charge in [0.25, 0.3) is 0 Å². The van der Waals surface area contributed by atoms with E-state index in [4.69, 9.17) is 4.74 Å². The lowest BCUT2D eigenvalue weighted by Gasteiger charge is -2.29. The Morgan fingerprint density at radius 3 is 1.81 bits per heavy atom. The lowest BCUT2D eigenvalue weighted by Crippen LogP contribution is -2.24. The van der Waals surface area contributed by atoms with E-state index in [2.05, 4.69) is 29.2 Å². The van der Waals surface area contributed by atoms with Gasteiger partial charge in [0.2, 0.25) is 0 Å². The minimum atomic E-state index is -0.554. The van der Waals surface area contributed by atoms with E-state index < -0.39 is 5.60 Å². The fourth-order valence-corrected chi connectivity index (χ4v) is 3.07. The van der Waals surface area contributed by atoms with Crippen LogP contribution in [-0.4, -0.2) is 7.11 Å². The Kier molecular flexibility index (Phi) is 5.92. The lowest BCUT2D eigenvalue weighted by molar-refractivity contribution is 0.0190. The van der Waals surface area contributed by atoms with Gasteiger partial charge in [-0.05, 0) is 48.7 Å². The Balaban J connectivity index is 1.99. The summed E-state index contributed by atoms with van der Waals surface area (Å²) in [5.74, 6) is -0.251.